The van der Waals surface area contributed by atoms with E-state index in [1.54, 1.807) is 23.1 Å². The lowest BCUT2D eigenvalue weighted by Crippen LogP contribution is -2.37. The highest BCUT2D eigenvalue weighted by atomic mass is 32.2. The molecule has 2 aliphatic heterocycles. The van der Waals surface area contributed by atoms with E-state index in [-0.39, 0.29) is 34.4 Å². The van der Waals surface area contributed by atoms with Crippen LogP contribution in [0.1, 0.15) is 15.2 Å². The van der Waals surface area contributed by atoms with Gasteiger partial charge in [0.05, 0.1) is 40.3 Å². The molecule has 3 heterocycles. The number of sulfonamides is 1. The molecule has 3 fully saturated rings. The lowest BCUT2D eigenvalue weighted by atomic mass is 10.2. The fourth-order valence-electron chi connectivity index (χ4n) is 5.70. The molecule has 0 bridgehead atoms. The van der Waals surface area contributed by atoms with Crippen molar-refractivity contribution >= 4 is 38.6 Å². The maximum atomic E-state index is 15.3. The number of thiophene rings is 1. The summed E-state index contributed by atoms with van der Waals surface area (Å²) in [4.78, 5) is 17.8. The second kappa shape index (κ2) is 10.4. The zero-order chi connectivity index (χ0) is 27.1. The number of nitriles is 1. The maximum absolute atomic E-state index is 15.3. The highest BCUT2D eigenvalue weighted by Crippen LogP contribution is 2.53. The summed E-state index contributed by atoms with van der Waals surface area (Å²) >= 11 is 1.34. The quantitative estimate of drug-likeness (QED) is 0.432. The molecule has 8 nitrogen and oxygen atoms in total. The van der Waals surface area contributed by atoms with Gasteiger partial charge in [0.15, 0.2) is 0 Å². The van der Waals surface area contributed by atoms with E-state index in [4.69, 9.17) is 10.00 Å². The number of anilines is 2. The van der Waals surface area contributed by atoms with Crippen LogP contribution in [0.4, 0.5) is 15.8 Å². The van der Waals surface area contributed by atoms with E-state index in [9.17, 15) is 13.2 Å². The Labute approximate surface area is 230 Å². The Bertz CT molecular complexity index is 1500. The van der Waals surface area contributed by atoms with Crippen LogP contribution in [-0.4, -0.2) is 64.6 Å². The molecule has 3 aromatic rings. The summed E-state index contributed by atoms with van der Waals surface area (Å²) in [5.41, 5.74) is 1.40. The van der Waals surface area contributed by atoms with Crippen molar-refractivity contribution in [3.05, 3.63) is 76.2 Å². The highest BCUT2D eigenvalue weighted by Gasteiger charge is 2.58. The number of morpholine rings is 1. The SMILES string of the molecule is N#Cc1ccc(S(=O)(=O)N2CC3C(CN(C(=O)c4cccs4)c4ccc(N5CCOCC5)c(F)c4)C3C2)cc1. The number of halogens is 1. The summed E-state index contributed by atoms with van der Waals surface area (Å²) in [6, 6.07) is 16.5. The van der Waals surface area contributed by atoms with Crippen molar-refractivity contribution in [2.75, 3.05) is 55.7 Å². The number of carbonyl (C=O) groups excluding carboxylic acids is 1. The molecule has 1 aliphatic carbocycles. The van der Waals surface area contributed by atoms with Crippen molar-refractivity contribution in [1.29, 1.82) is 5.26 Å². The van der Waals surface area contributed by atoms with E-state index in [1.807, 2.05) is 22.4 Å². The van der Waals surface area contributed by atoms with E-state index < -0.39 is 10.0 Å². The van der Waals surface area contributed by atoms with Gasteiger partial charge in [-0.3, -0.25) is 4.79 Å². The number of nitrogens with zero attached hydrogens (tertiary/aromatic N) is 4. The van der Waals surface area contributed by atoms with Crippen molar-refractivity contribution in [1.82, 2.24) is 4.31 Å². The van der Waals surface area contributed by atoms with E-state index in [0.717, 1.165) is 0 Å². The topological polar surface area (TPSA) is 93.9 Å². The third-order valence-electron chi connectivity index (χ3n) is 7.92. The minimum atomic E-state index is -3.66. The number of piperidine rings is 1. The first-order valence-electron chi connectivity index (χ1n) is 12.8. The van der Waals surface area contributed by atoms with Crippen LogP contribution in [0.3, 0.4) is 0 Å². The van der Waals surface area contributed by atoms with Crippen molar-refractivity contribution in [2.45, 2.75) is 4.90 Å². The van der Waals surface area contributed by atoms with Crippen molar-refractivity contribution < 1.29 is 22.3 Å². The molecule has 0 N–H and O–H groups in total. The summed E-state index contributed by atoms with van der Waals surface area (Å²) in [5, 5.41) is 10.8. The van der Waals surface area contributed by atoms with E-state index in [1.165, 1.54) is 46.0 Å². The van der Waals surface area contributed by atoms with Gasteiger partial charge in [-0.1, -0.05) is 6.07 Å². The summed E-state index contributed by atoms with van der Waals surface area (Å²) in [7, 11) is -3.66. The molecular formula is C28H27FN4O4S2. The van der Waals surface area contributed by atoms with Gasteiger partial charge in [-0.05, 0) is 71.7 Å². The van der Waals surface area contributed by atoms with Gasteiger partial charge in [-0.15, -0.1) is 11.3 Å². The highest BCUT2D eigenvalue weighted by molar-refractivity contribution is 7.89. The monoisotopic (exact) mass is 566 g/mol. The van der Waals surface area contributed by atoms with Gasteiger partial charge in [-0.25, -0.2) is 12.8 Å². The third kappa shape index (κ3) is 4.94. The summed E-state index contributed by atoms with van der Waals surface area (Å²) in [6.45, 7) is 3.47. The number of fused-ring (bicyclic) bond motifs is 1. The van der Waals surface area contributed by atoms with Crippen LogP contribution in [0.5, 0.6) is 0 Å². The van der Waals surface area contributed by atoms with E-state index in [2.05, 4.69) is 0 Å². The molecule has 39 heavy (non-hydrogen) atoms. The Hall–Kier alpha value is -3.30. The molecule has 11 heteroatoms. The first-order chi connectivity index (χ1) is 18.9. The Morgan fingerprint density at radius 3 is 2.44 bits per heavy atom. The molecule has 1 aromatic heterocycles. The summed E-state index contributed by atoms with van der Waals surface area (Å²) in [6.07, 6.45) is 0. The smallest absolute Gasteiger partial charge is 0.268 e. The second-order valence-electron chi connectivity index (χ2n) is 10.1. The van der Waals surface area contributed by atoms with E-state index >= 15 is 4.39 Å². The van der Waals surface area contributed by atoms with Crippen LogP contribution < -0.4 is 9.80 Å². The van der Waals surface area contributed by atoms with Crippen LogP contribution in [0, 0.1) is 34.9 Å². The van der Waals surface area contributed by atoms with Crippen molar-refractivity contribution in [2.24, 2.45) is 17.8 Å². The van der Waals surface area contributed by atoms with Gasteiger partial charge in [0, 0.05) is 38.4 Å². The number of hydrogen-bond donors (Lipinski definition) is 0. The zero-order valence-electron chi connectivity index (χ0n) is 21.1. The van der Waals surface area contributed by atoms with Gasteiger partial charge >= 0.3 is 0 Å². The number of carbonyl (C=O) groups is 1. The lowest BCUT2D eigenvalue weighted by Gasteiger charge is -2.30. The van der Waals surface area contributed by atoms with Gasteiger partial charge < -0.3 is 14.5 Å². The van der Waals surface area contributed by atoms with Crippen LogP contribution >= 0.6 is 11.3 Å². The number of hydrogen-bond acceptors (Lipinski definition) is 7. The molecule has 0 spiro atoms. The first kappa shape index (κ1) is 26.0. The largest absolute Gasteiger partial charge is 0.378 e. The number of rotatable bonds is 7. The molecule has 2 unspecified atom stereocenters. The maximum Gasteiger partial charge on any atom is 0.268 e. The molecule has 2 saturated heterocycles. The fraction of sp³-hybridized carbons (Fsp3) is 0.357. The van der Waals surface area contributed by atoms with Crippen LogP contribution in [0.25, 0.3) is 0 Å². The molecular weight excluding hydrogens is 539 g/mol. The molecule has 3 aliphatic rings. The summed E-state index contributed by atoms with van der Waals surface area (Å²) in [5.74, 6) is -0.170. The Morgan fingerprint density at radius 1 is 1.10 bits per heavy atom. The molecule has 2 atom stereocenters. The zero-order valence-corrected chi connectivity index (χ0v) is 22.7. The average Bonchev–Trinajstić information content (AvgIpc) is 3.34. The molecule has 1 saturated carbocycles. The summed E-state index contributed by atoms with van der Waals surface area (Å²) < 4.78 is 48.4. The number of benzene rings is 2. The number of ether oxygens (including phenoxy) is 1. The molecule has 1 amide bonds. The second-order valence-corrected chi connectivity index (χ2v) is 13.0. The lowest BCUT2D eigenvalue weighted by molar-refractivity contribution is 0.0988. The van der Waals surface area contributed by atoms with Crippen molar-refractivity contribution in [3.8, 4) is 6.07 Å². The van der Waals surface area contributed by atoms with Crippen molar-refractivity contribution in [3.63, 3.8) is 0 Å². The van der Waals surface area contributed by atoms with Crippen LogP contribution in [-0.2, 0) is 14.8 Å². The minimum absolute atomic E-state index is 0.128. The number of amides is 1. The van der Waals surface area contributed by atoms with Gasteiger partial charge in [-0.2, -0.15) is 9.57 Å². The predicted molar refractivity (Wildman–Crippen MR) is 146 cm³/mol. The standard InChI is InChI=1S/C28H27FN4O4S2/c29-25-14-20(5-8-26(25)31-9-11-37-12-10-31)33(28(34)27-2-1-13-38-27)18-24-22-16-32(17-23(22)24)39(35,36)21-6-3-19(15-30)4-7-21/h1-8,13-14,22-24H,9-12,16-18H2. The van der Waals surface area contributed by atoms with Crippen LogP contribution in [0.15, 0.2) is 64.9 Å². The molecule has 2 aromatic carbocycles. The Balaban J connectivity index is 1.18. The van der Waals surface area contributed by atoms with Gasteiger partial charge in [0.1, 0.15) is 5.82 Å². The average molecular weight is 567 g/mol. The fourth-order valence-corrected chi connectivity index (χ4v) is 7.89. The first-order valence-corrected chi connectivity index (χ1v) is 15.2. The molecule has 6 rings (SSSR count). The normalized spacial score (nSPS) is 22.8. The molecule has 0 radical (unpaired) electrons. The Morgan fingerprint density at radius 2 is 1.82 bits per heavy atom. The van der Waals surface area contributed by atoms with Gasteiger partial charge in [0.2, 0.25) is 10.0 Å². The van der Waals surface area contributed by atoms with E-state index in [0.29, 0.717) is 67.8 Å². The Kier molecular flexibility index (Phi) is 6.89. The minimum Gasteiger partial charge on any atom is -0.378 e. The third-order valence-corrected chi connectivity index (χ3v) is 10.6. The molecule has 202 valence electrons. The van der Waals surface area contributed by atoms with Gasteiger partial charge in [0.25, 0.3) is 5.91 Å². The predicted octanol–water partition coefficient (Wildman–Crippen LogP) is 3.81. The van der Waals surface area contributed by atoms with Crippen LogP contribution in [0.2, 0.25) is 0 Å².